The van der Waals surface area contributed by atoms with E-state index in [4.69, 9.17) is 0 Å². The van der Waals surface area contributed by atoms with Crippen molar-refractivity contribution in [3.8, 4) is 0 Å². The number of aliphatic hydroxyl groups excluding tert-OH is 1. The van der Waals surface area contributed by atoms with Gasteiger partial charge in [-0.1, -0.05) is 0 Å². The van der Waals surface area contributed by atoms with Crippen molar-refractivity contribution < 1.29 is 23.1 Å². The minimum Gasteiger partial charge on any atom is -0.467 e. The molecular weight excluding hydrogens is 196 g/mol. The Morgan fingerprint density at radius 2 is 2.23 bits per heavy atom. The van der Waals surface area contributed by atoms with E-state index in [1.54, 1.807) is 0 Å². The summed E-state index contributed by atoms with van der Waals surface area (Å²) in [6, 6.07) is 0. The van der Waals surface area contributed by atoms with Crippen LogP contribution in [0.5, 0.6) is 0 Å². The number of esters is 1. The molecule has 2 atom stereocenters. The molecule has 1 saturated heterocycles. The largest absolute Gasteiger partial charge is 0.467 e. The van der Waals surface area contributed by atoms with Crippen LogP contribution in [0, 0.1) is 5.92 Å². The van der Waals surface area contributed by atoms with Gasteiger partial charge in [-0.05, 0) is 6.42 Å². The van der Waals surface area contributed by atoms with Crippen molar-refractivity contribution in [2.45, 2.75) is 12.5 Å². The van der Waals surface area contributed by atoms with Crippen LogP contribution in [-0.4, -0.2) is 44.2 Å². The zero-order valence-corrected chi connectivity index (χ0v) is 8.08. The van der Waals surface area contributed by atoms with Crippen molar-refractivity contribution in [3.05, 3.63) is 0 Å². The summed E-state index contributed by atoms with van der Waals surface area (Å²) in [6.45, 7) is 0. The molecule has 1 heterocycles. The van der Waals surface area contributed by atoms with E-state index < -0.39 is 27.8 Å². The normalized spacial score (nSPS) is 28.3. The van der Waals surface area contributed by atoms with Gasteiger partial charge in [0.2, 0.25) is 0 Å². The lowest BCUT2D eigenvalue weighted by molar-refractivity contribution is -0.152. The van der Waals surface area contributed by atoms with E-state index in [2.05, 4.69) is 4.74 Å². The first kappa shape index (κ1) is 10.5. The van der Waals surface area contributed by atoms with Gasteiger partial charge in [0.05, 0.1) is 18.6 Å². The molecule has 0 saturated carbocycles. The summed E-state index contributed by atoms with van der Waals surface area (Å²) in [5, 5.41) is 9.31. The van der Waals surface area contributed by atoms with Crippen LogP contribution in [0.15, 0.2) is 0 Å². The van der Waals surface area contributed by atoms with Gasteiger partial charge in [0.25, 0.3) is 0 Å². The molecule has 0 aliphatic carbocycles. The summed E-state index contributed by atoms with van der Waals surface area (Å²) in [7, 11) is -1.89. The van der Waals surface area contributed by atoms with Gasteiger partial charge in [-0.15, -0.1) is 0 Å². The molecule has 0 aromatic carbocycles. The predicted molar refractivity (Wildman–Crippen MR) is 44.8 cm³/mol. The average molecular weight is 208 g/mol. The number of sulfone groups is 1. The van der Waals surface area contributed by atoms with Crippen molar-refractivity contribution in [2.24, 2.45) is 5.92 Å². The maximum absolute atomic E-state index is 11.0. The van der Waals surface area contributed by atoms with Crippen LogP contribution in [0.3, 0.4) is 0 Å². The fourth-order valence-electron chi connectivity index (χ4n) is 1.39. The van der Waals surface area contributed by atoms with Crippen molar-refractivity contribution >= 4 is 15.8 Å². The Hall–Kier alpha value is -0.620. The molecule has 6 heteroatoms. The average Bonchev–Trinajstić information content (AvgIpc) is 2.43. The van der Waals surface area contributed by atoms with E-state index in [1.165, 1.54) is 0 Å². The zero-order chi connectivity index (χ0) is 10.1. The zero-order valence-electron chi connectivity index (χ0n) is 7.26. The fraction of sp³-hybridized carbons (Fsp3) is 0.857. The first-order valence-electron chi connectivity index (χ1n) is 3.92. The highest BCUT2D eigenvalue weighted by Crippen LogP contribution is 2.22. The maximum atomic E-state index is 11.0. The molecule has 0 aromatic heterocycles. The van der Waals surface area contributed by atoms with Gasteiger partial charge in [-0.25, -0.2) is 13.2 Å². The molecule has 5 nitrogen and oxygen atoms in total. The van der Waals surface area contributed by atoms with E-state index in [1.807, 2.05) is 0 Å². The van der Waals surface area contributed by atoms with Gasteiger partial charge in [-0.2, -0.15) is 0 Å². The van der Waals surface area contributed by atoms with Gasteiger partial charge >= 0.3 is 5.97 Å². The molecule has 1 aliphatic heterocycles. The minimum absolute atomic E-state index is 0.0473. The van der Waals surface area contributed by atoms with Gasteiger partial charge in [0, 0.05) is 5.92 Å². The Labute approximate surface area is 76.6 Å². The van der Waals surface area contributed by atoms with Gasteiger partial charge in [-0.3, -0.25) is 0 Å². The van der Waals surface area contributed by atoms with Crippen LogP contribution in [0.4, 0.5) is 0 Å². The molecule has 13 heavy (non-hydrogen) atoms. The SMILES string of the molecule is COC(=O)C(O)C1CCS(=O)(=O)C1. The minimum atomic E-state index is -3.05. The third-order valence-corrected chi connectivity index (χ3v) is 3.95. The second-order valence-corrected chi connectivity index (χ2v) is 5.36. The maximum Gasteiger partial charge on any atom is 0.335 e. The Morgan fingerprint density at radius 1 is 1.62 bits per heavy atom. The summed E-state index contributed by atoms with van der Waals surface area (Å²) in [5.74, 6) is -1.34. The fourth-order valence-corrected chi connectivity index (χ4v) is 3.22. The highest BCUT2D eigenvalue weighted by molar-refractivity contribution is 7.91. The molecule has 1 N–H and O–H groups in total. The van der Waals surface area contributed by atoms with E-state index in [-0.39, 0.29) is 11.5 Å². The lowest BCUT2D eigenvalue weighted by atomic mass is 10.0. The molecule has 0 amide bonds. The lowest BCUT2D eigenvalue weighted by Crippen LogP contribution is -2.31. The summed E-state index contributed by atoms with van der Waals surface area (Å²) in [5.41, 5.74) is 0. The van der Waals surface area contributed by atoms with Crippen LogP contribution in [-0.2, 0) is 19.4 Å². The van der Waals surface area contributed by atoms with Gasteiger partial charge < -0.3 is 9.84 Å². The molecule has 1 aliphatic rings. The molecule has 0 radical (unpaired) electrons. The Kier molecular flexibility index (Phi) is 2.92. The molecule has 1 rings (SSSR count). The first-order chi connectivity index (χ1) is 5.96. The quantitative estimate of drug-likeness (QED) is 0.586. The summed E-state index contributed by atoms with van der Waals surface area (Å²) >= 11 is 0. The number of methoxy groups -OCH3 is 1. The van der Waals surface area contributed by atoms with E-state index in [0.717, 1.165) is 7.11 Å². The van der Waals surface area contributed by atoms with Crippen LogP contribution >= 0.6 is 0 Å². The number of hydrogen-bond donors (Lipinski definition) is 1. The van der Waals surface area contributed by atoms with Crippen molar-refractivity contribution in [1.82, 2.24) is 0 Å². The predicted octanol–water partition coefficient (Wildman–Crippen LogP) is -1.04. The molecule has 0 spiro atoms. The standard InChI is InChI=1S/C7H12O5S/c1-12-7(9)6(8)5-2-3-13(10,11)4-5/h5-6,8H,2-4H2,1H3. The van der Waals surface area contributed by atoms with E-state index in [9.17, 15) is 18.3 Å². The van der Waals surface area contributed by atoms with Crippen molar-refractivity contribution in [3.63, 3.8) is 0 Å². The second kappa shape index (κ2) is 3.63. The summed E-state index contributed by atoms with van der Waals surface area (Å²) in [4.78, 5) is 10.8. The number of rotatable bonds is 2. The number of hydrogen-bond acceptors (Lipinski definition) is 5. The van der Waals surface area contributed by atoms with Crippen LogP contribution < -0.4 is 0 Å². The molecule has 76 valence electrons. The van der Waals surface area contributed by atoms with Crippen LogP contribution in [0.1, 0.15) is 6.42 Å². The molecular formula is C7H12O5S. The van der Waals surface area contributed by atoms with Crippen molar-refractivity contribution in [2.75, 3.05) is 18.6 Å². The van der Waals surface area contributed by atoms with Gasteiger partial charge in [0.1, 0.15) is 0 Å². The van der Waals surface area contributed by atoms with Gasteiger partial charge in [0.15, 0.2) is 15.9 Å². The van der Waals surface area contributed by atoms with Crippen molar-refractivity contribution in [1.29, 1.82) is 0 Å². The number of carbonyl (C=O) groups is 1. The Balaban J connectivity index is 2.61. The lowest BCUT2D eigenvalue weighted by Gasteiger charge is -2.13. The van der Waals surface area contributed by atoms with E-state index in [0.29, 0.717) is 6.42 Å². The second-order valence-electron chi connectivity index (χ2n) is 3.13. The number of aliphatic hydroxyl groups is 1. The molecule has 2 unspecified atom stereocenters. The summed E-state index contributed by atoms with van der Waals surface area (Å²) in [6.07, 6.45) is -0.972. The summed E-state index contributed by atoms with van der Waals surface area (Å²) < 4.78 is 26.3. The molecule has 0 aromatic rings. The van der Waals surface area contributed by atoms with Crippen LogP contribution in [0.2, 0.25) is 0 Å². The Morgan fingerprint density at radius 3 is 2.62 bits per heavy atom. The van der Waals surface area contributed by atoms with E-state index >= 15 is 0 Å². The third kappa shape index (κ3) is 2.41. The Bertz CT molecular complexity index is 294. The monoisotopic (exact) mass is 208 g/mol. The highest BCUT2D eigenvalue weighted by Gasteiger charge is 2.36. The smallest absolute Gasteiger partial charge is 0.335 e. The van der Waals surface area contributed by atoms with Crippen LogP contribution in [0.25, 0.3) is 0 Å². The number of carbonyl (C=O) groups excluding carboxylic acids is 1. The highest BCUT2D eigenvalue weighted by atomic mass is 32.2. The first-order valence-corrected chi connectivity index (χ1v) is 5.75. The topological polar surface area (TPSA) is 80.7 Å². The number of ether oxygens (including phenoxy) is 1. The molecule has 0 bridgehead atoms. The third-order valence-electron chi connectivity index (χ3n) is 2.16. The molecule has 1 fully saturated rings.